The summed E-state index contributed by atoms with van der Waals surface area (Å²) < 4.78 is 94.3. The molecule has 27 nitrogen and oxygen atoms in total. The Hall–Kier alpha value is -9.76. The Balaban J connectivity index is 0.000000151. The van der Waals surface area contributed by atoms with Gasteiger partial charge in [0.25, 0.3) is 38.0 Å². The fourth-order valence-electron chi connectivity index (χ4n) is 16.4. The van der Waals surface area contributed by atoms with E-state index < -0.39 is 53.2 Å². The van der Waals surface area contributed by atoms with Crippen LogP contribution in [0.3, 0.4) is 0 Å². The van der Waals surface area contributed by atoms with Crippen LogP contribution in [-0.2, 0) is 49.9 Å². The molecule has 5 fully saturated rings. The van der Waals surface area contributed by atoms with Crippen LogP contribution in [0.1, 0.15) is 188 Å². The van der Waals surface area contributed by atoms with Crippen LogP contribution in [-0.4, -0.2) is 159 Å². The summed E-state index contributed by atoms with van der Waals surface area (Å²) in [6, 6.07) is 48.8. The Morgan fingerprint density at radius 3 is 1.07 bits per heavy atom. The molecule has 41 heteroatoms. The van der Waals surface area contributed by atoms with Crippen molar-refractivity contribution < 1.29 is 39.6 Å². The molecule has 0 spiro atoms. The van der Waals surface area contributed by atoms with Crippen LogP contribution in [0.15, 0.2) is 181 Å². The highest BCUT2D eigenvalue weighted by Crippen LogP contribution is 2.42. The maximum Gasteiger partial charge on any atom is 0.286 e. The summed E-state index contributed by atoms with van der Waals surface area (Å²) >= 11 is 55.0. The number of aryl methyl sites for hydroxylation is 1. The van der Waals surface area contributed by atoms with Crippen LogP contribution in [0.4, 0.5) is 0 Å². The predicted octanol–water partition coefficient (Wildman–Crippen LogP) is 20.3. The number of carbonyl (C=O) groups excluding carboxylic acids is 3. The number of benzene rings is 6. The Kier molecular flexibility index (Phi) is 34.5. The zero-order chi connectivity index (χ0) is 97.5. The third-order valence-corrected chi connectivity index (χ3v) is 33.5. The summed E-state index contributed by atoms with van der Waals surface area (Å²) in [5.41, 5.74) is 17.2. The van der Waals surface area contributed by atoms with Gasteiger partial charge in [0, 0.05) is 130 Å². The van der Waals surface area contributed by atoms with Crippen molar-refractivity contribution in [1.29, 1.82) is 0 Å². The number of hydrogen-bond donors (Lipinski definition) is 7. The molecule has 3 amide bonds. The molecule has 11 heterocycles. The lowest BCUT2D eigenvalue weighted by atomic mass is 10.0. The zero-order valence-electron chi connectivity index (χ0n) is 75.0. The number of imidazole rings is 1. The number of piperidine rings is 3. The van der Waals surface area contributed by atoms with Crippen molar-refractivity contribution in [3.05, 3.63) is 287 Å². The van der Waals surface area contributed by atoms with Crippen molar-refractivity contribution in [3.63, 3.8) is 0 Å². The molecule has 4 saturated heterocycles. The van der Waals surface area contributed by atoms with Crippen molar-refractivity contribution >= 4 is 175 Å². The molecule has 7 aromatic heterocycles. The smallest absolute Gasteiger partial charge is 0.286 e. The highest BCUT2D eigenvalue weighted by molar-refractivity contribution is 7.90. The molecule has 0 unspecified atom stereocenters. The number of aromatic nitrogens is 8. The summed E-state index contributed by atoms with van der Waals surface area (Å²) in [6.07, 6.45) is 17.2. The average molecular weight is 2140 g/mol. The normalized spacial score (nSPS) is 15.2. The van der Waals surface area contributed by atoms with Gasteiger partial charge in [-0.05, 0) is 223 Å². The molecule has 0 radical (unpaired) electrons. The predicted molar refractivity (Wildman–Crippen MR) is 553 cm³/mol. The van der Waals surface area contributed by atoms with E-state index in [1.165, 1.54) is 50.8 Å². The van der Waals surface area contributed by atoms with Crippen LogP contribution in [0.5, 0.6) is 0 Å². The van der Waals surface area contributed by atoms with E-state index in [2.05, 4.69) is 75.9 Å². The number of aromatic amines is 1. The van der Waals surface area contributed by atoms with Gasteiger partial charge in [0.05, 0.1) is 96.2 Å². The molecule has 13 aromatic rings. The Morgan fingerprint density at radius 1 is 0.388 bits per heavy atom. The topological polar surface area (TPSA) is 321 Å². The molecule has 1 saturated carbocycles. The monoisotopic (exact) mass is 2140 g/mol. The van der Waals surface area contributed by atoms with E-state index in [1.807, 2.05) is 107 Å². The number of thiophene rings is 3. The minimum absolute atomic E-state index is 0.0427. The molecule has 0 bridgehead atoms. The number of rotatable bonds is 24. The van der Waals surface area contributed by atoms with Crippen LogP contribution in [0.25, 0.3) is 48.8 Å². The van der Waals surface area contributed by atoms with Crippen molar-refractivity contribution in [2.24, 2.45) is 0 Å². The van der Waals surface area contributed by atoms with E-state index in [1.54, 1.807) is 92.9 Å². The van der Waals surface area contributed by atoms with E-state index >= 15 is 0 Å². The molecule has 18 rings (SSSR count). The van der Waals surface area contributed by atoms with Gasteiger partial charge in [-0.1, -0.05) is 185 Å². The summed E-state index contributed by atoms with van der Waals surface area (Å²) in [5.74, 6) is 17.8. The van der Waals surface area contributed by atoms with Gasteiger partial charge < -0.3 is 4.98 Å². The van der Waals surface area contributed by atoms with E-state index in [4.69, 9.17) is 108 Å². The first-order valence-electron chi connectivity index (χ1n) is 45.1. The largest absolute Gasteiger partial charge is 0.335 e. The van der Waals surface area contributed by atoms with Crippen molar-refractivity contribution in [2.45, 2.75) is 140 Å². The SMILES string of the molecule is Cc1ccc(C#Cc2ccc(-c3c(CNS(=O)(=O)C4CCCCC4)c(C(=O)NN4CCCCC4)nn3-c3ccc(Cl)cc3Cl)s2)cc1.O=C(NN1CCCCC1)c1nn(-c2ccc(Cl)cc2Cl)c(-c2ccc(C#Cc3ccc(Cl)cc3)s2)c1CNS(=O)(=O)N1CCCC1.O=C(NN1CCCCC1)c1nn(-c2ccc(Cl)cc2Cl)c(-c2ccc(C#Cc3ccc(Cl)cc3)s2)c1CNS(=O)(=O)c1cnc[nH]1. The Morgan fingerprint density at radius 2 is 0.719 bits per heavy atom. The molecule has 0 atom stereocenters. The minimum Gasteiger partial charge on any atom is -0.335 e. The summed E-state index contributed by atoms with van der Waals surface area (Å²) in [4.78, 5) is 52.6. The van der Waals surface area contributed by atoms with Crippen LogP contribution < -0.4 is 30.4 Å². The van der Waals surface area contributed by atoms with Gasteiger partial charge in [-0.25, -0.2) is 60.3 Å². The van der Waals surface area contributed by atoms with E-state index in [0.717, 1.165) is 163 Å². The van der Waals surface area contributed by atoms with Crippen LogP contribution in [0, 0.1) is 42.4 Å². The van der Waals surface area contributed by atoms with Crippen molar-refractivity contribution in [2.75, 3.05) is 52.4 Å². The zero-order valence-corrected chi connectivity index (χ0v) is 85.9. The molecule has 4 aliphatic heterocycles. The minimum atomic E-state index is -4.01. The molecule has 139 heavy (non-hydrogen) atoms. The van der Waals surface area contributed by atoms with Crippen molar-refractivity contribution in [1.82, 2.24) is 89.1 Å². The third kappa shape index (κ3) is 26.2. The average Bonchev–Trinajstić information content (AvgIpc) is 1.62. The second-order valence-corrected chi connectivity index (χ2v) is 45.6. The third-order valence-electron chi connectivity index (χ3n) is 23.6. The van der Waals surface area contributed by atoms with Crippen LogP contribution in [0.2, 0.25) is 40.2 Å². The number of hydrazine groups is 3. The number of carbonyl (C=O) groups is 3. The first kappa shape index (κ1) is 102. The van der Waals surface area contributed by atoms with Gasteiger partial charge in [0.15, 0.2) is 22.1 Å². The van der Waals surface area contributed by atoms with Gasteiger partial charge in [-0.3, -0.25) is 30.7 Å². The first-order chi connectivity index (χ1) is 67.0. The number of nitrogens with one attached hydrogen (secondary N) is 7. The highest BCUT2D eigenvalue weighted by Gasteiger charge is 2.36. The number of sulfonamides is 2. The second-order valence-electron chi connectivity index (χ2n) is 33.4. The molecule has 1 aliphatic carbocycles. The maximum absolute atomic E-state index is 13.9. The lowest BCUT2D eigenvalue weighted by molar-refractivity contribution is 0.0736. The molecule has 6 aromatic carbocycles. The molecule has 722 valence electrons. The second kappa shape index (κ2) is 47.0. The standard InChI is InChI=1S/C35H37Cl2N5O3S2.C32H31Cl3N6O3S2.C31H26Cl3N7O3S2/c1-24-10-12-25(13-11-24)14-16-27-17-19-32(46-27)34-29(23-38-47(44,45)28-8-4-2-5-9-28)33(35(43)40-41-20-6-3-7-21-41)39-42(34)31-18-15-26(36)22-30(31)37;33-23-9-6-22(7-10-23)8-12-25-13-15-29(45-25)31-26(21-36-46(43,44)40-18-4-5-19-40)30(32(42)38-39-16-2-1-3-17-39)37-41(31)28-14-11-24(34)20-27(28)35;32-21-7-4-20(5-8-21)6-10-23-11-13-27(45-23)30-24(17-37-46(43,44)28-18-35-19-36-28)29(31(42)39-40-14-2-1-3-15-40)38-41(30)26-12-9-22(33)16-25(26)34/h10-13,15,17-19,22,28,38H,2-9,20-21,23H2,1H3,(H,40,43);6-7,9-11,13-15,20,36H,1-5,16-19,21H2,(H,38,42);4-5,7-9,11-13,16,18-19,37H,1-3,14-15,17H2,(H,35,36)(H,39,42). The number of H-pyrrole nitrogens is 1. The van der Waals surface area contributed by atoms with Gasteiger partial charge in [0.1, 0.15) is 0 Å². The highest BCUT2D eigenvalue weighted by atomic mass is 35.5. The molecular weight excluding hydrogens is 2050 g/mol. The quantitative estimate of drug-likeness (QED) is 0.0276. The fourth-order valence-corrected chi connectivity index (χ4v) is 24.6. The van der Waals surface area contributed by atoms with Crippen LogP contribution >= 0.6 is 127 Å². The lowest BCUT2D eigenvalue weighted by Gasteiger charge is -2.26. The molecular formula is C98H94Cl8N18O9S6. The Labute approximate surface area is 859 Å². The summed E-state index contributed by atoms with van der Waals surface area (Å²) in [6.45, 7) is 6.72. The van der Waals surface area contributed by atoms with E-state index in [-0.39, 0.29) is 41.7 Å². The summed E-state index contributed by atoms with van der Waals surface area (Å²) in [5, 5.41) is 22.9. The van der Waals surface area contributed by atoms with Gasteiger partial charge in [-0.15, -0.1) is 34.0 Å². The van der Waals surface area contributed by atoms with Gasteiger partial charge >= 0.3 is 0 Å². The number of hydrogen-bond acceptors (Lipinski definition) is 19. The van der Waals surface area contributed by atoms with E-state index in [0.29, 0.717) is 135 Å². The number of halogens is 8. The number of nitrogens with zero attached hydrogens (tertiary/aromatic N) is 11. The molecule has 5 aliphatic rings. The van der Waals surface area contributed by atoms with Crippen molar-refractivity contribution in [3.8, 4) is 84.3 Å². The summed E-state index contributed by atoms with van der Waals surface area (Å²) in [7, 11) is -11.5. The fraction of sp³-hybridized carbons (Fsp3) is 0.296. The van der Waals surface area contributed by atoms with Gasteiger partial charge in [-0.2, -0.15) is 32.7 Å². The lowest BCUT2D eigenvalue weighted by Crippen LogP contribution is -2.45. The van der Waals surface area contributed by atoms with Gasteiger partial charge in [0.2, 0.25) is 10.0 Å². The molecule has 7 N–H and O–H groups in total. The van der Waals surface area contributed by atoms with E-state index in [9.17, 15) is 39.6 Å². The maximum atomic E-state index is 13.9. The number of amides is 3. The Bertz CT molecular complexity index is 7210. The first-order valence-corrected chi connectivity index (χ1v) is 55.0.